The van der Waals surface area contributed by atoms with Gasteiger partial charge in [0, 0.05) is 30.8 Å². The first kappa shape index (κ1) is 23.5. The van der Waals surface area contributed by atoms with Gasteiger partial charge in [0.25, 0.3) is 5.56 Å². The Labute approximate surface area is 196 Å². The van der Waals surface area contributed by atoms with Crippen LogP contribution in [0.2, 0.25) is 10.0 Å². The molecule has 1 N–H and O–H groups in total. The topological polar surface area (TPSA) is 77.1 Å². The Balaban J connectivity index is 2.32. The number of carboxylic acids is 1. The molecule has 2 aromatic heterocycles. The molecule has 1 aromatic carbocycles. The van der Waals surface area contributed by atoms with E-state index in [1.807, 2.05) is 13.8 Å². The first-order chi connectivity index (χ1) is 14.5. The van der Waals surface area contributed by atoms with Gasteiger partial charge in [0.2, 0.25) is 0 Å². The van der Waals surface area contributed by atoms with E-state index in [-0.39, 0.29) is 28.7 Å². The lowest BCUT2D eigenvalue weighted by atomic mass is 9.88. The zero-order valence-electron chi connectivity index (χ0n) is 16.9. The summed E-state index contributed by atoms with van der Waals surface area (Å²) in [6, 6.07) is 5.64. The minimum Gasteiger partial charge on any atom is -0.476 e. The number of rotatable bonds is 6. The molecule has 1 atom stereocenters. The number of imidazole rings is 1. The van der Waals surface area contributed by atoms with E-state index < -0.39 is 17.7 Å². The molecule has 0 saturated carbocycles. The molecule has 10 heteroatoms. The summed E-state index contributed by atoms with van der Waals surface area (Å²) in [5.41, 5.74) is 0.702. The van der Waals surface area contributed by atoms with Crippen LogP contribution in [0.15, 0.2) is 40.0 Å². The average molecular weight is 531 g/mol. The maximum atomic E-state index is 14.4. The van der Waals surface area contributed by atoms with Gasteiger partial charge in [-0.2, -0.15) is 0 Å². The fraction of sp³-hybridized carbons (Fsp3) is 0.286. The number of halogens is 4. The SMILES string of the molecule is CC(C)n1c(Br)nc(C(=O)O)c1C(Cc1cc(Cl)cn(C)c1=O)c1ccc(Cl)c(F)c1. The molecule has 6 nitrogen and oxygen atoms in total. The van der Waals surface area contributed by atoms with Crippen LogP contribution in [0.25, 0.3) is 0 Å². The van der Waals surface area contributed by atoms with E-state index in [0.717, 1.165) is 0 Å². The van der Waals surface area contributed by atoms with E-state index in [1.165, 1.54) is 29.0 Å². The van der Waals surface area contributed by atoms with Crippen LogP contribution in [0, 0.1) is 5.82 Å². The summed E-state index contributed by atoms with van der Waals surface area (Å²) in [6.45, 7) is 3.75. The van der Waals surface area contributed by atoms with Crippen molar-refractivity contribution in [3.8, 4) is 0 Å². The minimum absolute atomic E-state index is 0.0572. The molecule has 3 aromatic rings. The normalized spacial score (nSPS) is 12.4. The Morgan fingerprint density at radius 3 is 2.55 bits per heavy atom. The smallest absolute Gasteiger partial charge is 0.356 e. The molecule has 0 aliphatic carbocycles. The average Bonchev–Trinajstić information content (AvgIpc) is 3.03. The summed E-state index contributed by atoms with van der Waals surface area (Å²) in [4.78, 5) is 28.9. The number of nitrogens with zero attached hydrogens (tertiary/aromatic N) is 3. The molecule has 0 spiro atoms. The highest BCUT2D eigenvalue weighted by Crippen LogP contribution is 2.36. The van der Waals surface area contributed by atoms with Crippen molar-refractivity contribution in [2.24, 2.45) is 7.05 Å². The Kier molecular flexibility index (Phi) is 6.93. The third-order valence-corrected chi connectivity index (χ3v) is 6.02. The van der Waals surface area contributed by atoms with Crippen LogP contribution in [0.3, 0.4) is 0 Å². The van der Waals surface area contributed by atoms with Gasteiger partial charge >= 0.3 is 5.97 Å². The van der Waals surface area contributed by atoms with E-state index in [4.69, 9.17) is 23.2 Å². The molecule has 2 heterocycles. The van der Waals surface area contributed by atoms with Crippen LogP contribution in [-0.4, -0.2) is 25.2 Å². The molecule has 0 amide bonds. The van der Waals surface area contributed by atoms with Gasteiger partial charge in [0.05, 0.1) is 15.7 Å². The van der Waals surface area contributed by atoms with Crippen LogP contribution in [0.5, 0.6) is 0 Å². The third-order valence-electron chi connectivity index (χ3n) is 4.95. The largest absolute Gasteiger partial charge is 0.476 e. The van der Waals surface area contributed by atoms with Gasteiger partial charge in [-0.25, -0.2) is 14.2 Å². The molecular formula is C21H19BrCl2FN3O3. The molecule has 3 rings (SSSR count). The predicted octanol–water partition coefficient (Wildman–Crippen LogP) is 5.44. The molecule has 0 fully saturated rings. The molecule has 0 bridgehead atoms. The van der Waals surface area contributed by atoms with Crippen molar-refractivity contribution >= 4 is 45.1 Å². The van der Waals surface area contributed by atoms with Gasteiger partial charge in [-0.3, -0.25) is 4.79 Å². The number of carbonyl (C=O) groups is 1. The zero-order valence-corrected chi connectivity index (χ0v) is 20.0. The van der Waals surface area contributed by atoms with Crippen LogP contribution >= 0.6 is 39.1 Å². The van der Waals surface area contributed by atoms with E-state index >= 15 is 0 Å². The van der Waals surface area contributed by atoms with Crippen molar-refractivity contribution in [3.63, 3.8) is 0 Å². The molecule has 0 saturated heterocycles. The summed E-state index contributed by atoms with van der Waals surface area (Å²) in [7, 11) is 1.58. The lowest BCUT2D eigenvalue weighted by Gasteiger charge is -2.23. The van der Waals surface area contributed by atoms with Crippen molar-refractivity contribution in [2.45, 2.75) is 32.2 Å². The van der Waals surface area contributed by atoms with Crippen molar-refractivity contribution < 1.29 is 14.3 Å². The Bertz CT molecular complexity index is 1220. The molecule has 0 aliphatic heterocycles. The fourth-order valence-corrected chi connectivity index (χ4v) is 4.78. The van der Waals surface area contributed by atoms with Gasteiger partial charge in [-0.05, 0) is 60.0 Å². The number of carboxylic acid groups (broad SMARTS) is 1. The predicted molar refractivity (Wildman–Crippen MR) is 121 cm³/mol. The Morgan fingerprint density at radius 2 is 1.97 bits per heavy atom. The quantitative estimate of drug-likeness (QED) is 0.460. The maximum Gasteiger partial charge on any atom is 0.356 e. The number of aromatic nitrogens is 3. The van der Waals surface area contributed by atoms with Gasteiger partial charge < -0.3 is 14.2 Å². The van der Waals surface area contributed by atoms with E-state index in [1.54, 1.807) is 17.7 Å². The highest BCUT2D eigenvalue weighted by Gasteiger charge is 2.31. The van der Waals surface area contributed by atoms with Gasteiger partial charge in [-0.1, -0.05) is 29.3 Å². The zero-order chi connectivity index (χ0) is 23.0. The summed E-state index contributed by atoms with van der Waals surface area (Å²) >= 11 is 15.3. The van der Waals surface area contributed by atoms with Crippen LogP contribution in [0.1, 0.15) is 53.1 Å². The maximum absolute atomic E-state index is 14.4. The van der Waals surface area contributed by atoms with Crippen LogP contribution in [-0.2, 0) is 13.5 Å². The van der Waals surface area contributed by atoms with Crippen LogP contribution in [0.4, 0.5) is 4.39 Å². The number of pyridine rings is 1. The van der Waals surface area contributed by atoms with Crippen LogP contribution < -0.4 is 5.56 Å². The number of aryl methyl sites for hydroxylation is 1. The highest BCUT2D eigenvalue weighted by atomic mass is 79.9. The van der Waals surface area contributed by atoms with Crippen molar-refractivity contribution in [2.75, 3.05) is 0 Å². The van der Waals surface area contributed by atoms with Crippen molar-refractivity contribution in [1.82, 2.24) is 14.1 Å². The Morgan fingerprint density at radius 1 is 1.29 bits per heavy atom. The lowest BCUT2D eigenvalue weighted by molar-refractivity contribution is 0.0689. The summed E-state index contributed by atoms with van der Waals surface area (Å²) in [5.74, 6) is -2.58. The number of benzene rings is 1. The fourth-order valence-electron chi connectivity index (χ4n) is 3.60. The second-order valence-corrected chi connectivity index (χ2v) is 8.97. The lowest BCUT2D eigenvalue weighted by Crippen LogP contribution is -2.24. The van der Waals surface area contributed by atoms with Crippen molar-refractivity contribution in [3.05, 3.63) is 83.9 Å². The number of hydrogen-bond donors (Lipinski definition) is 1. The first-order valence-corrected chi connectivity index (χ1v) is 10.9. The first-order valence-electron chi connectivity index (χ1n) is 9.32. The second kappa shape index (κ2) is 9.14. The molecule has 0 radical (unpaired) electrons. The standard InChI is InChI=1S/C21H19BrCl2FN3O3/c1-10(2)28-18(17(20(30)31)26-21(28)22)14(11-4-5-15(24)16(25)8-11)7-12-6-13(23)9-27(3)19(12)29/h4-6,8-10,14H,7H2,1-3H3,(H,30,31). The summed E-state index contributed by atoms with van der Waals surface area (Å²) < 4.78 is 17.8. The molecule has 1 unspecified atom stereocenters. The molecular weight excluding hydrogens is 512 g/mol. The van der Waals surface area contributed by atoms with Crippen molar-refractivity contribution in [1.29, 1.82) is 0 Å². The van der Waals surface area contributed by atoms with Gasteiger partial charge in [0.15, 0.2) is 10.4 Å². The van der Waals surface area contributed by atoms with E-state index in [0.29, 0.717) is 26.6 Å². The third kappa shape index (κ3) is 4.71. The molecule has 164 valence electrons. The minimum atomic E-state index is -1.23. The number of hydrogen-bond acceptors (Lipinski definition) is 3. The summed E-state index contributed by atoms with van der Waals surface area (Å²) in [6.07, 6.45) is 1.57. The highest BCUT2D eigenvalue weighted by molar-refractivity contribution is 9.10. The molecule has 0 aliphatic rings. The molecule has 31 heavy (non-hydrogen) atoms. The number of aromatic carboxylic acids is 1. The van der Waals surface area contributed by atoms with E-state index in [2.05, 4.69) is 20.9 Å². The second-order valence-electron chi connectivity index (χ2n) is 7.41. The summed E-state index contributed by atoms with van der Waals surface area (Å²) in [5, 5.41) is 10.1. The monoisotopic (exact) mass is 529 g/mol. The Hall–Kier alpha value is -2.16. The van der Waals surface area contributed by atoms with Gasteiger partial charge in [-0.15, -0.1) is 0 Å². The van der Waals surface area contributed by atoms with E-state index in [9.17, 15) is 19.1 Å². The van der Waals surface area contributed by atoms with Gasteiger partial charge in [0.1, 0.15) is 5.82 Å².